The van der Waals surface area contributed by atoms with Crippen LogP contribution in [0.3, 0.4) is 0 Å². The van der Waals surface area contributed by atoms with Gasteiger partial charge in [0.25, 0.3) is 0 Å². The first-order chi connectivity index (χ1) is 14.5. The lowest BCUT2D eigenvalue weighted by Gasteiger charge is -2.15. The molecule has 0 bridgehead atoms. The molecule has 8 nitrogen and oxygen atoms in total. The number of esters is 1. The molecule has 1 unspecified atom stereocenters. The van der Waals surface area contributed by atoms with Crippen LogP contribution in [-0.4, -0.2) is 52.7 Å². The van der Waals surface area contributed by atoms with Gasteiger partial charge in [-0.15, -0.1) is 0 Å². The van der Waals surface area contributed by atoms with Gasteiger partial charge in [0.15, 0.2) is 5.57 Å². The minimum Gasteiger partial charge on any atom is -0.457 e. The van der Waals surface area contributed by atoms with Gasteiger partial charge >= 0.3 is 5.97 Å². The van der Waals surface area contributed by atoms with Gasteiger partial charge in [0.1, 0.15) is 28.3 Å². The van der Waals surface area contributed by atoms with E-state index in [4.69, 9.17) is 4.74 Å². The third kappa shape index (κ3) is 4.14. The van der Waals surface area contributed by atoms with E-state index in [1.54, 1.807) is 6.20 Å². The number of hydrogen-bond acceptors (Lipinski definition) is 8. The van der Waals surface area contributed by atoms with E-state index >= 15 is 0 Å². The van der Waals surface area contributed by atoms with E-state index < -0.39 is 10.7 Å². The predicted octanol–water partition coefficient (Wildman–Crippen LogP) is 2.74. The summed E-state index contributed by atoms with van der Waals surface area (Å²) in [6.07, 6.45) is 3.86. The Morgan fingerprint density at radius 3 is 3.00 bits per heavy atom. The highest BCUT2D eigenvalue weighted by atomic mass is 32.2. The summed E-state index contributed by atoms with van der Waals surface area (Å²) in [5, 5.41) is 16.5. The van der Waals surface area contributed by atoms with Crippen LogP contribution in [-0.2, 0) is 14.3 Å². The normalized spacial score (nSPS) is 23.7. The molecule has 1 aliphatic heterocycles. The maximum absolute atomic E-state index is 13.1. The largest absolute Gasteiger partial charge is 0.457 e. The highest BCUT2D eigenvalue weighted by molar-refractivity contribution is 8.06. The Morgan fingerprint density at radius 2 is 2.33 bits per heavy atom. The standard InChI is InChI=1S/C21H25N5O3S/c1-4-9-29-19(27)16(12-22)18-26(6-3)20(28)21(30-18)11-14(21)13-25-15-7-8-24-17(10-15)23-5-2/h4,7-8,10,14H,1,5-6,9,11,13H2,2-3H3,(H2,23,24,25)/b18-16-/t14-,21?/m1/s1. The van der Waals surface area contributed by atoms with E-state index in [1.807, 2.05) is 32.0 Å². The third-order valence-electron chi connectivity index (χ3n) is 5.03. The lowest BCUT2D eigenvalue weighted by molar-refractivity contribution is -0.137. The molecule has 2 heterocycles. The SMILES string of the molecule is C=CCOC(=O)/C(C#N)=C1\SC2(C[C@@H]2CNc2ccnc(NCC)c2)C(=O)N1CC. The first-order valence-corrected chi connectivity index (χ1v) is 10.7. The monoisotopic (exact) mass is 427 g/mol. The molecule has 0 radical (unpaired) electrons. The van der Waals surface area contributed by atoms with Crippen molar-refractivity contribution in [3.05, 3.63) is 41.6 Å². The first kappa shape index (κ1) is 21.7. The van der Waals surface area contributed by atoms with Crippen LogP contribution in [0.4, 0.5) is 11.5 Å². The Kier molecular flexibility index (Phi) is 6.67. The fourth-order valence-corrected chi connectivity index (χ4v) is 5.07. The second kappa shape index (κ2) is 9.22. The molecule has 2 N–H and O–H groups in total. The van der Waals surface area contributed by atoms with Crippen molar-refractivity contribution in [2.45, 2.75) is 25.0 Å². The molecule has 1 saturated heterocycles. The molecule has 3 rings (SSSR count). The van der Waals surface area contributed by atoms with Crippen LogP contribution in [0.5, 0.6) is 0 Å². The van der Waals surface area contributed by atoms with E-state index in [0.717, 1.165) is 18.1 Å². The quantitative estimate of drug-likeness (QED) is 0.268. The number of hydrogen-bond donors (Lipinski definition) is 2. The number of amides is 1. The van der Waals surface area contributed by atoms with Crippen LogP contribution in [0.2, 0.25) is 0 Å². The predicted molar refractivity (Wildman–Crippen MR) is 117 cm³/mol. The van der Waals surface area contributed by atoms with Crippen LogP contribution < -0.4 is 10.6 Å². The summed E-state index contributed by atoms with van der Waals surface area (Å²) in [4.78, 5) is 31.1. The summed E-state index contributed by atoms with van der Waals surface area (Å²) < 4.78 is 4.40. The minimum absolute atomic E-state index is 0.0144. The minimum atomic E-state index is -0.730. The number of thioether (sulfide) groups is 1. The van der Waals surface area contributed by atoms with Crippen LogP contribution in [0.1, 0.15) is 20.3 Å². The van der Waals surface area contributed by atoms with Crippen molar-refractivity contribution in [3.63, 3.8) is 0 Å². The van der Waals surface area contributed by atoms with Crippen molar-refractivity contribution in [1.82, 2.24) is 9.88 Å². The molecule has 1 aromatic rings. The summed E-state index contributed by atoms with van der Waals surface area (Å²) >= 11 is 1.31. The highest BCUT2D eigenvalue weighted by Gasteiger charge is 2.66. The molecule has 1 aromatic heterocycles. The number of ether oxygens (including phenoxy) is 1. The molecule has 1 spiro atoms. The maximum Gasteiger partial charge on any atom is 0.351 e. The lowest BCUT2D eigenvalue weighted by atomic mass is 10.2. The average Bonchev–Trinajstić information content (AvgIpc) is 3.38. The van der Waals surface area contributed by atoms with Crippen LogP contribution in [0.25, 0.3) is 0 Å². The molecule has 2 atom stereocenters. The van der Waals surface area contributed by atoms with E-state index in [2.05, 4.69) is 22.2 Å². The van der Waals surface area contributed by atoms with Gasteiger partial charge in [0.05, 0.1) is 0 Å². The van der Waals surface area contributed by atoms with Gasteiger partial charge in [-0.2, -0.15) is 5.26 Å². The Bertz CT molecular complexity index is 925. The van der Waals surface area contributed by atoms with Gasteiger partial charge in [0, 0.05) is 43.5 Å². The number of carbonyl (C=O) groups is 2. The second-order valence-electron chi connectivity index (χ2n) is 6.96. The summed E-state index contributed by atoms with van der Waals surface area (Å²) in [5.41, 5.74) is 0.796. The number of aromatic nitrogens is 1. The molecule has 1 amide bonds. The first-order valence-electron chi connectivity index (χ1n) is 9.87. The number of carbonyl (C=O) groups excluding carboxylic acids is 2. The zero-order valence-electron chi connectivity index (χ0n) is 17.1. The summed E-state index contributed by atoms with van der Waals surface area (Å²) in [5.74, 6) is 0.107. The average molecular weight is 428 g/mol. The molecule has 158 valence electrons. The molecule has 1 aliphatic carbocycles. The molecule has 30 heavy (non-hydrogen) atoms. The number of rotatable bonds is 9. The third-order valence-corrected chi connectivity index (χ3v) is 6.69. The Balaban J connectivity index is 1.73. The fraction of sp³-hybridized carbons (Fsp3) is 0.429. The van der Waals surface area contributed by atoms with E-state index in [0.29, 0.717) is 24.5 Å². The summed E-state index contributed by atoms with van der Waals surface area (Å²) in [6.45, 7) is 9.14. The van der Waals surface area contributed by atoms with Crippen molar-refractivity contribution in [2.75, 3.05) is 36.9 Å². The van der Waals surface area contributed by atoms with Crippen LogP contribution in [0, 0.1) is 17.2 Å². The Morgan fingerprint density at radius 1 is 1.53 bits per heavy atom. The number of nitrogens with one attached hydrogen (secondary N) is 2. The van der Waals surface area contributed by atoms with Gasteiger partial charge in [-0.05, 0) is 26.3 Å². The van der Waals surface area contributed by atoms with Gasteiger partial charge in [-0.25, -0.2) is 9.78 Å². The number of anilines is 2. The summed E-state index contributed by atoms with van der Waals surface area (Å²) in [7, 11) is 0. The highest BCUT2D eigenvalue weighted by Crippen LogP contribution is 2.63. The number of nitriles is 1. The fourth-order valence-electron chi connectivity index (χ4n) is 3.44. The van der Waals surface area contributed by atoms with Crippen molar-refractivity contribution in [2.24, 2.45) is 5.92 Å². The summed E-state index contributed by atoms with van der Waals surface area (Å²) in [6, 6.07) is 5.73. The molecular weight excluding hydrogens is 402 g/mol. The number of pyridine rings is 1. The van der Waals surface area contributed by atoms with Gasteiger partial charge in [-0.3, -0.25) is 4.79 Å². The molecule has 0 aromatic carbocycles. The van der Waals surface area contributed by atoms with Gasteiger partial charge in [-0.1, -0.05) is 24.4 Å². The zero-order chi connectivity index (χ0) is 21.7. The smallest absolute Gasteiger partial charge is 0.351 e. The number of nitrogens with zero attached hydrogens (tertiary/aromatic N) is 3. The van der Waals surface area contributed by atoms with Crippen LogP contribution in [0.15, 0.2) is 41.6 Å². The molecular formula is C21H25N5O3S. The second-order valence-corrected chi connectivity index (χ2v) is 8.28. The Hall–Kier alpha value is -2.99. The molecule has 1 saturated carbocycles. The zero-order valence-corrected chi connectivity index (χ0v) is 17.9. The van der Waals surface area contributed by atoms with Crippen molar-refractivity contribution >= 4 is 35.1 Å². The van der Waals surface area contributed by atoms with Crippen LogP contribution >= 0.6 is 11.8 Å². The molecule has 2 aliphatic rings. The van der Waals surface area contributed by atoms with Crippen molar-refractivity contribution in [1.29, 1.82) is 5.26 Å². The molecule has 2 fully saturated rings. The topological polar surface area (TPSA) is 107 Å². The molecule has 9 heteroatoms. The van der Waals surface area contributed by atoms with Gasteiger partial charge in [0.2, 0.25) is 5.91 Å². The van der Waals surface area contributed by atoms with E-state index in [-0.39, 0.29) is 24.0 Å². The van der Waals surface area contributed by atoms with Gasteiger partial charge < -0.3 is 20.3 Å². The Labute approximate surface area is 180 Å². The van der Waals surface area contributed by atoms with E-state index in [9.17, 15) is 14.9 Å². The van der Waals surface area contributed by atoms with Crippen molar-refractivity contribution in [3.8, 4) is 6.07 Å². The lowest BCUT2D eigenvalue weighted by Crippen LogP contribution is -2.32. The maximum atomic E-state index is 13.1. The van der Waals surface area contributed by atoms with Crippen molar-refractivity contribution < 1.29 is 14.3 Å². The van der Waals surface area contributed by atoms with E-state index in [1.165, 1.54) is 22.7 Å².